The Bertz CT molecular complexity index is 906. The topological polar surface area (TPSA) is 66.3 Å². The average Bonchev–Trinajstić information content (AvgIpc) is 3.26. The van der Waals surface area contributed by atoms with Crippen molar-refractivity contribution < 1.29 is 9.90 Å². The lowest BCUT2D eigenvalue weighted by Gasteiger charge is -2.18. The minimum Gasteiger partial charge on any atom is -0.478 e. The Morgan fingerprint density at radius 1 is 1.16 bits per heavy atom. The van der Waals surface area contributed by atoms with Gasteiger partial charge in [-0.15, -0.1) is 23.7 Å². The number of nitrogens with zero attached hydrogens (tertiary/aromatic N) is 3. The van der Waals surface area contributed by atoms with Crippen LogP contribution in [0.4, 0.5) is 5.82 Å². The molecule has 1 N–H and O–H groups in total. The third-order valence-electron chi connectivity index (χ3n) is 4.33. The van der Waals surface area contributed by atoms with Gasteiger partial charge < -0.3 is 10.0 Å². The number of halogens is 1. The lowest BCUT2D eigenvalue weighted by molar-refractivity contribution is 0.0696. The molecule has 0 saturated carbocycles. The molecule has 0 unspecified atom stereocenters. The van der Waals surface area contributed by atoms with E-state index < -0.39 is 5.97 Å². The normalized spacial score (nSPS) is 13.8. The number of hydrogen-bond acceptors (Lipinski definition) is 5. The Hall–Kier alpha value is -2.18. The number of carboxylic acid groups (broad SMARTS) is 1. The molecule has 130 valence electrons. The van der Waals surface area contributed by atoms with E-state index in [1.807, 2.05) is 23.6 Å². The summed E-state index contributed by atoms with van der Waals surface area (Å²) < 4.78 is 1.12. The fourth-order valence-electron chi connectivity index (χ4n) is 3.17. The molecule has 1 fully saturated rings. The zero-order valence-corrected chi connectivity index (χ0v) is 15.1. The van der Waals surface area contributed by atoms with Crippen molar-refractivity contribution in [3.05, 3.63) is 52.7 Å². The monoisotopic (exact) mass is 375 g/mol. The zero-order valence-electron chi connectivity index (χ0n) is 13.5. The SMILES string of the molecule is Cl.O=C(O)c1ccccc1Cc1nc(N2CCCC2)c2sccc2n1. The first-order valence-corrected chi connectivity index (χ1v) is 8.90. The van der Waals surface area contributed by atoms with Gasteiger partial charge in [0.05, 0.1) is 15.8 Å². The van der Waals surface area contributed by atoms with Crippen LogP contribution in [0, 0.1) is 0 Å². The van der Waals surface area contributed by atoms with Crippen molar-refractivity contribution >= 4 is 45.7 Å². The maximum Gasteiger partial charge on any atom is 0.335 e. The van der Waals surface area contributed by atoms with Crippen LogP contribution in [0.2, 0.25) is 0 Å². The molecule has 25 heavy (non-hydrogen) atoms. The van der Waals surface area contributed by atoms with Crippen LogP contribution in [0.3, 0.4) is 0 Å². The highest BCUT2D eigenvalue weighted by molar-refractivity contribution is 7.17. The number of rotatable bonds is 4. The van der Waals surface area contributed by atoms with Crippen LogP contribution < -0.4 is 4.90 Å². The summed E-state index contributed by atoms with van der Waals surface area (Å²) in [5.41, 5.74) is 2.00. The van der Waals surface area contributed by atoms with Crippen molar-refractivity contribution in [2.45, 2.75) is 19.3 Å². The smallest absolute Gasteiger partial charge is 0.335 e. The predicted octanol–water partition coefficient (Wildman–Crippen LogP) is 4.00. The van der Waals surface area contributed by atoms with Crippen molar-refractivity contribution in [3.8, 4) is 0 Å². The summed E-state index contributed by atoms with van der Waals surface area (Å²) >= 11 is 1.66. The number of carbonyl (C=O) groups is 1. The molecule has 0 bridgehead atoms. The van der Waals surface area contributed by atoms with E-state index in [-0.39, 0.29) is 12.4 Å². The van der Waals surface area contributed by atoms with Gasteiger partial charge in [0, 0.05) is 19.5 Å². The summed E-state index contributed by atoms with van der Waals surface area (Å²) in [4.78, 5) is 23.2. The molecule has 0 atom stereocenters. The summed E-state index contributed by atoms with van der Waals surface area (Å²) in [7, 11) is 0. The van der Waals surface area contributed by atoms with Gasteiger partial charge in [-0.05, 0) is 35.9 Å². The van der Waals surface area contributed by atoms with Crippen molar-refractivity contribution in [1.29, 1.82) is 0 Å². The number of aromatic carboxylic acids is 1. The Balaban J connectivity index is 0.00000182. The maximum atomic E-state index is 11.4. The lowest BCUT2D eigenvalue weighted by atomic mass is 10.0. The maximum absolute atomic E-state index is 11.4. The Morgan fingerprint density at radius 2 is 1.92 bits per heavy atom. The third kappa shape index (κ3) is 3.45. The van der Waals surface area contributed by atoms with Gasteiger partial charge in [0.2, 0.25) is 0 Å². The Morgan fingerprint density at radius 3 is 2.68 bits per heavy atom. The second kappa shape index (κ2) is 7.37. The minimum atomic E-state index is -0.915. The molecular formula is C18H18ClN3O2S. The number of thiophene rings is 1. The zero-order chi connectivity index (χ0) is 16.5. The molecule has 2 aromatic heterocycles. The molecule has 5 nitrogen and oxygen atoms in total. The molecule has 1 saturated heterocycles. The highest BCUT2D eigenvalue weighted by atomic mass is 35.5. The van der Waals surface area contributed by atoms with E-state index in [1.165, 1.54) is 12.8 Å². The summed E-state index contributed by atoms with van der Waals surface area (Å²) in [5.74, 6) is 0.758. The Kier molecular flexibility index (Phi) is 5.20. The number of aromatic nitrogens is 2. The standard InChI is InChI=1S/C18H17N3O2S.ClH/c22-18(23)13-6-2-1-5-12(13)11-15-19-14-7-10-24-16(14)17(20-15)21-8-3-4-9-21;/h1-2,5-7,10H,3-4,8-9,11H2,(H,22,23);1H. The second-order valence-electron chi connectivity index (χ2n) is 5.93. The van der Waals surface area contributed by atoms with Crippen LogP contribution in [0.5, 0.6) is 0 Å². The summed E-state index contributed by atoms with van der Waals surface area (Å²) in [5, 5.41) is 11.4. The molecule has 1 aliphatic rings. The highest BCUT2D eigenvalue weighted by Gasteiger charge is 2.19. The number of anilines is 1. The number of hydrogen-bond donors (Lipinski definition) is 1. The van der Waals surface area contributed by atoms with Crippen molar-refractivity contribution in [3.63, 3.8) is 0 Å². The quantitative estimate of drug-likeness (QED) is 0.746. The molecule has 0 spiro atoms. The van der Waals surface area contributed by atoms with Gasteiger partial charge in [-0.3, -0.25) is 0 Å². The van der Waals surface area contributed by atoms with E-state index in [0.717, 1.165) is 34.7 Å². The van der Waals surface area contributed by atoms with Crippen LogP contribution in [0.15, 0.2) is 35.7 Å². The van der Waals surface area contributed by atoms with E-state index in [9.17, 15) is 9.90 Å². The number of benzene rings is 1. The molecule has 3 aromatic rings. The number of fused-ring (bicyclic) bond motifs is 1. The first-order valence-electron chi connectivity index (χ1n) is 8.02. The average molecular weight is 376 g/mol. The van der Waals surface area contributed by atoms with E-state index >= 15 is 0 Å². The first kappa shape index (κ1) is 17.6. The van der Waals surface area contributed by atoms with E-state index in [2.05, 4.69) is 9.88 Å². The van der Waals surface area contributed by atoms with Gasteiger partial charge >= 0.3 is 5.97 Å². The third-order valence-corrected chi connectivity index (χ3v) is 5.23. The minimum absolute atomic E-state index is 0. The predicted molar refractivity (Wildman–Crippen MR) is 102 cm³/mol. The summed E-state index contributed by atoms with van der Waals surface area (Å²) in [6, 6.07) is 9.06. The largest absolute Gasteiger partial charge is 0.478 e. The summed E-state index contributed by atoms with van der Waals surface area (Å²) in [6.45, 7) is 2.05. The van der Waals surface area contributed by atoms with Gasteiger partial charge in [-0.2, -0.15) is 0 Å². The molecule has 7 heteroatoms. The van der Waals surface area contributed by atoms with Crippen LogP contribution >= 0.6 is 23.7 Å². The van der Waals surface area contributed by atoms with E-state index in [1.54, 1.807) is 23.5 Å². The van der Waals surface area contributed by atoms with Crippen LogP contribution in [0.25, 0.3) is 10.2 Å². The van der Waals surface area contributed by atoms with Gasteiger partial charge in [-0.25, -0.2) is 14.8 Å². The van der Waals surface area contributed by atoms with Gasteiger partial charge in [0.25, 0.3) is 0 Å². The summed E-state index contributed by atoms with van der Waals surface area (Å²) in [6.07, 6.45) is 2.80. The van der Waals surface area contributed by atoms with Crippen LogP contribution in [0.1, 0.15) is 34.6 Å². The lowest BCUT2D eigenvalue weighted by Crippen LogP contribution is -2.20. The van der Waals surface area contributed by atoms with Crippen molar-refractivity contribution in [2.75, 3.05) is 18.0 Å². The van der Waals surface area contributed by atoms with Gasteiger partial charge in [0.1, 0.15) is 11.6 Å². The molecular weight excluding hydrogens is 358 g/mol. The number of carboxylic acids is 1. The van der Waals surface area contributed by atoms with E-state index in [0.29, 0.717) is 17.8 Å². The molecule has 0 aliphatic carbocycles. The van der Waals surface area contributed by atoms with Gasteiger partial charge in [-0.1, -0.05) is 18.2 Å². The fourth-order valence-corrected chi connectivity index (χ4v) is 4.02. The van der Waals surface area contributed by atoms with Crippen molar-refractivity contribution in [1.82, 2.24) is 9.97 Å². The first-order chi connectivity index (χ1) is 11.7. The van der Waals surface area contributed by atoms with Crippen LogP contribution in [-0.2, 0) is 6.42 Å². The molecule has 1 aliphatic heterocycles. The molecule has 3 heterocycles. The highest BCUT2D eigenvalue weighted by Crippen LogP contribution is 2.31. The Labute approximate surface area is 155 Å². The molecule has 1 aromatic carbocycles. The van der Waals surface area contributed by atoms with E-state index in [4.69, 9.17) is 4.98 Å². The molecule has 4 rings (SSSR count). The fraction of sp³-hybridized carbons (Fsp3) is 0.278. The molecule has 0 radical (unpaired) electrons. The molecule has 0 amide bonds. The second-order valence-corrected chi connectivity index (χ2v) is 6.85. The van der Waals surface area contributed by atoms with Gasteiger partial charge in [0.15, 0.2) is 0 Å². The van der Waals surface area contributed by atoms with Crippen LogP contribution in [-0.4, -0.2) is 34.1 Å². The van der Waals surface area contributed by atoms with Crippen molar-refractivity contribution in [2.24, 2.45) is 0 Å².